The summed E-state index contributed by atoms with van der Waals surface area (Å²) in [6.45, 7) is 2.06. The molecule has 0 fully saturated rings. The summed E-state index contributed by atoms with van der Waals surface area (Å²) >= 11 is 0. The molecule has 0 aliphatic heterocycles. The van der Waals surface area contributed by atoms with Gasteiger partial charge in [-0.1, -0.05) is 23.8 Å². The number of benzene rings is 2. The quantitative estimate of drug-likeness (QED) is 0.844. The van der Waals surface area contributed by atoms with E-state index in [4.69, 9.17) is 0 Å². The minimum atomic E-state index is -0.813. The van der Waals surface area contributed by atoms with Gasteiger partial charge in [-0.25, -0.2) is 8.78 Å². The Morgan fingerprint density at radius 3 is 2.68 bits per heavy atom. The van der Waals surface area contributed by atoms with Crippen molar-refractivity contribution in [3.63, 3.8) is 0 Å². The van der Waals surface area contributed by atoms with Crippen LogP contribution in [-0.4, -0.2) is 0 Å². The number of aryl methyl sites for hydroxylation is 2. The van der Waals surface area contributed by atoms with Crippen molar-refractivity contribution in [3.05, 3.63) is 64.7 Å². The van der Waals surface area contributed by atoms with Crippen molar-refractivity contribution in [3.8, 4) is 0 Å². The zero-order valence-electron chi connectivity index (χ0n) is 10.7. The first-order chi connectivity index (χ1) is 9.13. The van der Waals surface area contributed by atoms with Crippen LogP contribution in [0.15, 0.2) is 36.4 Å². The molecular formula is C16H15F2N. The predicted octanol–water partition coefficient (Wildman–Crippen LogP) is 4.37. The van der Waals surface area contributed by atoms with Crippen LogP contribution in [-0.2, 0) is 6.42 Å². The van der Waals surface area contributed by atoms with Crippen LogP contribution in [0.1, 0.15) is 29.2 Å². The zero-order chi connectivity index (χ0) is 13.4. The maximum absolute atomic E-state index is 13.2. The highest BCUT2D eigenvalue weighted by atomic mass is 19.2. The number of halogens is 2. The molecule has 0 heterocycles. The number of rotatable bonds is 2. The lowest BCUT2D eigenvalue weighted by atomic mass is 10.0. The zero-order valence-corrected chi connectivity index (χ0v) is 10.7. The highest BCUT2D eigenvalue weighted by Crippen LogP contribution is 2.34. The molecule has 98 valence electrons. The minimum Gasteiger partial charge on any atom is -0.378 e. The fourth-order valence-electron chi connectivity index (χ4n) is 2.66. The lowest BCUT2D eigenvalue weighted by molar-refractivity contribution is 0.509. The Morgan fingerprint density at radius 2 is 1.89 bits per heavy atom. The van der Waals surface area contributed by atoms with Crippen LogP contribution < -0.4 is 5.32 Å². The van der Waals surface area contributed by atoms with Gasteiger partial charge in [-0.05, 0) is 43.0 Å². The van der Waals surface area contributed by atoms with Gasteiger partial charge in [-0.2, -0.15) is 0 Å². The molecule has 3 rings (SSSR count). The Bertz CT molecular complexity index is 622. The maximum Gasteiger partial charge on any atom is 0.160 e. The topological polar surface area (TPSA) is 12.0 Å². The Kier molecular flexibility index (Phi) is 2.97. The molecule has 1 aliphatic carbocycles. The largest absolute Gasteiger partial charge is 0.378 e. The first-order valence-corrected chi connectivity index (χ1v) is 6.44. The third kappa shape index (κ3) is 2.33. The minimum absolute atomic E-state index is 0.180. The van der Waals surface area contributed by atoms with E-state index < -0.39 is 11.6 Å². The molecule has 1 N–H and O–H groups in total. The van der Waals surface area contributed by atoms with E-state index in [0.717, 1.165) is 18.9 Å². The van der Waals surface area contributed by atoms with E-state index in [1.54, 1.807) is 6.07 Å². The molecule has 2 aromatic rings. The van der Waals surface area contributed by atoms with Crippen LogP contribution in [0.4, 0.5) is 14.5 Å². The van der Waals surface area contributed by atoms with Crippen LogP contribution in [0, 0.1) is 18.6 Å². The first kappa shape index (κ1) is 12.2. The lowest BCUT2D eigenvalue weighted by Crippen LogP contribution is -2.07. The van der Waals surface area contributed by atoms with Gasteiger partial charge < -0.3 is 5.32 Å². The van der Waals surface area contributed by atoms with E-state index in [0.29, 0.717) is 5.69 Å². The van der Waals surface area contributed by atoms with Crippen LogP contribution in [0.3, 0.4) is 0 Å². The SMILES string of the molecule is Cc1ccc2c(c1)C(Nc1ccc(F)c(F)c1)CC2. The average molecular weight is 259 g/mol. The summed E-state index contributed by atoms with van der Waals surface area (Å²) in [5.74, 6) is -1.62. The van der Waals surface area contributed by atoms with Crippen molar-refractivity contribution in [2.75, 3.05) is 5.32 Å². The third-order valence-electron chi connectivity index (χ3n) is 3.64. The van der Waals surface area contributed by atoms with E-state index in [-0.39, 0.29) is 6.04 Å². The number of nitrogens with one attached hydrogen (secondary N) is 1. The second-order valence-corrected chi connectivity index (χ2v) is 5.07. The van der Waals surface area contributed by atoms with Crippen molar-refractivity contribution in [2.45, 2.75) is 25.8 Å². The Morgan fingerprint density at radius 1 is 1.05 bits per heavy atom. The Balaban J connectivity index is 1.86. The molecule has 19 heavy (non-hydrogen) atoms. The standard InChI is InChI=1S/C16H15F2N/c1-10-2-3-11-4-7-16(13(11)8-10)19-12-5-6-14(17)15(18)9-12/h2-3,5-6,8-9,16,19H,4,7H2,1H3. The van der Waals surface area contributed by atoms with Gasteiger partial charge in [0.15, 0.2) is 11.6 Å². The van der Waals surface area contributed by atoms with Crippen molar-refractivity contribution in [2.24, 2.45) is 0 Å². The fraction of sp³-hybridized carbons (Fsp3) is 0.250. The molecule has 0 radical (unpaired) electrons. The van der Waals surface area contributed by atoms with E-state index >= 15 is 0 Å². The average Bonchev–Trinajstić information content (AvgIpc) is 2.77. The van der Waals surface area contributed by atoms with Gasteiger partial charge in [0, 0.05) is 11.8 Å². The van der Waals surface area contributed by atoms with Gasteiger partial charge in [-0.15, -0.1) is 0 Å². The Labute approximate surface area is 111 Å². The van der Waals surface area contributed by atoms with Gasteiger partial charge in [-0.3, -0.25) is 0 Å². The van der Waals surface area contributed by atoms with Crippen LogP contribution in [0.25, 0.3) is 0 Å². The number of hydrogen-bond donors (Lipinski definition) is 1. The molecule has 1 atom stereocenters. The van der Waals surface area contributed by atoms with Crippen molar-refractivity contribution >= 4 is 5.69 Å². The monoisotopic (exact) mass is 259 g/mol. The highest BCUT2D eigenvalue weighted by Gasteiger charge is 2.22. The van der Waals surface area contributed by atoms with Gasteiger partial charge in [0.1, 0.15) is 0 Å². The summed E-state index contributed by atoms with van der Waals surface area (Å²) in [7, 11) is 0. The smallest absolute Gasteiger partial charge is 0.160 e. The van der Waals surface area contributed by atoms with Crippen LogP contribution in [0.2, 0.25) is 0 Å². The molecule has 0 bridgehead atoms. The van der Waals surface area contributed by atoms with E-state index in [9.17, 15) is 8.78 Å². The second kappa shape index (κ2) is 4.65. The lowest BCUT2D eigenvalue weighted by Gasteiger charge is -2.16. The molecule has 1 unspecified atom stereocenters. The normalized spacial score (nSPS) is 17.3. The molecule has 1 nitrogen and oxygen atoms in total. The van der Waals surface area contributed by atoms with Crippen molar-refractivity contribution < 1.29 is 8.78 Å². The molecule has 1 aliphatic rings. The van der Waals surface area contributed by atoms with Crippen molar-refractivity contribution in [1.82, 2.24) is 0 Å². The molecule has 0 aromatic heterocycles. The second-order valence-electron chi connectivity index (χ2n) is 5.07. The molecule has 0 spiro atoms. The van der Waals surface area contributed by atoms with E-state index in [2.05, 4.69) is 30.4 Å². The molecule has 2 aromatic carbocycles. The number of anilines is 1. The summed E-state index contributed by atoms with van der Waals surface area (Å²) in [6.07, 6.45) is 2.01. The summed E-state index contributed by atoms with van der Waals surface area (Å²) in [4.78, 5) is 0. The molecular weight excluding hydrogens is 244 g/mol. The van der Waals surface area contributed by atoms with E-state index in [1.165, 1.54) is 22.8 Å². The maximum atomic E-state index is 13.2. The third-order valence-corrected chi connectivity index (χ3v) is 3.64. The molecule has 0 saturated carbocycles. The first-order valence-electron chi connectivity index (χ1n) is 6.44. The van der Waals surface area contributed by atoms with Gasteiger partial charge in [0.05, 0.1) is 6.04 Å². The molecule has 0 saturated heterocycles. The van der Waals surface area contributed by atoms with Crippen molar-refractivity contribution in [1.29, 1.82) is 0 Å². The Hall–Kier alpha value is -1.90. The summed E-state index contributed by atoms with van der Waals surface area (Å²) in [6, 6.07) is 10.6. The predicted molar refractivity (Wildman–Crippen MR) is 72.2 cm³/mol. The fourth-order valence-corrected chi connectivity index (χ4v) is 2.66. The van der Waals surface area contributed by atoms with Crippen LogP contribution in [0.5, 0.6) is 0 Å². The summed E-state index contributed by atoms with van der Waals surface area (Å²) in [5.41, 5.74) is 4.45. The number of hydrogen-bond acceptors (Lipinski definition) is 1. The van der Waals surface area contributed by atoms with E-state index in [1.807, 2.05) is 0 Å². The molecule has 0 amide bonds. The van der Waals surface area contributed by atoms with Crippen LogP contribution >= 0.6 is 0 Å². The summed E-state index contributed by atoms with van der Waals surface area (Å²) < 4.78 is 26.1. The van der Waals surface area contributed by atoms with Gasteiger partial charge >= 0.3 is 0 Å². The highest BCUT2D eigenvalue weighted by molar-refractivity contribution is 5.49. The summed E-state index contributed by atoms with van der Waals surface area (Å²) in [5, 5.41) is 3.29. The number of fused-ring (bicyclic) bond motifs is 1. The van der Waals surface area contributed by atoms with Gasteiger partial charge in [0.25, 0.3) is 0 Å². The van der Waals surface area contributed by atoms with Gasteiger partial charge in [0.2, 0.25) is 0 Å². The molecule has 3 heteroatoms.